The number of imidazole rings is 1. The highest BCUT2D eigenvalue weighted by Gasteiger charge is 2.18. The maximum Gasteiger partial charge on any atom is 0.145 e. The smallest absolute Gasteiger partial charge is 0.145 e. The predicted octanol–water partition coefficient (Wildman–Crippen LogP) is 5.30. The van der Waals surface area contributed by atoms with Crippen LogP contribution in [0.1, 0.15) is 19.9 Å². The van der Waals surface area contributed by atoms with Gasteiger partial charge in [0.15, 0.2) is 0 Å². The minimum absolute atomic E-state index is 0.155. The Morgan fingerprint density at radius 3 is 2.43 bits per heavy atom. The van der Waals surface area contributed by atoms with Gasteiger partial charge in [0.25, 0.3) is 0 Å². The van der Waals surface area contributed by atoms with Gasteiger partial charge in [-0.2, -0.15) is 0 Å². The lowest BCUT2D eigenvalue weighted by Crippen LogP contribution is -2.03. The molecule has 1 N–H and O–H groups in total. The van der Waals surface area contributed by atoms with Gasteiger partial charge in [0.05, 0.1) is 16.6 Å². The zero-order valence-electron chi connectivity index (χ0n) is 11.6. The molecule has 1 heterocycles. The fraction of sp³-hybridized carbons (Fsp3) is 0.188. The van der Waals surface area contributed by atoms with Crippen LogP contribution in [0.5, 0.6) is 5.75 Å². The number of nitrogens with zero attached hydrogens (tertiary/aromatic N) is 2. The van der Waals surface area contributed by atoms with Crippen molar-refractivity contribution < 1.29 is 5.11 Å². The molecule has 0 amide bonds. The van der Waals surface area contributed by atoms with Gasteiger partial charge in [-0.05, 0) is 50.2 Å². The van der Waals surface area contributed by atoms with Crippen LogP contribution in [-0.2, 0) is 0 Å². The van der Waals surface area contributed by atoms with E-state index in [9.17, 15) is 5.11 Å². The maximum absolute atomic E-state index is 10.1. The lowest BCUT2D eigenvalue weighted by Gasteiger charge is -2.14. The lowest BCUT2D eigenvalue weighted by atomic mass is 10.2. The highest BCUT2D eigenvalue weighted by Crippen LogP contribution is 2.35. The summed E-state index contributed by atoms with van der Waals surface area (Å²) in [5.74, 6) is 0.838. The van der Waals surface area contributed by atoms with E-state index in [-0.39, 0.29) is 11.8 Å². The molecule has 0 bridgehead atoms. The van der Waals surface area contributed by atoms with Gasteiger partial charge in [-0.15, -0.1) is 0 Å². The van der Waals surface area contributed by atoms with Crippen molar-refractivity contribution in [1.29, 1.82) is 0 Å². The fourth-order valence-electron chi connectivity index (χ4n) is 2.47. The van der Waals surface area contributed by atoms with E-state index in [4.69, 9.17) is 23.2 Å². The van der Waals surface area contributed by atoms with Crippen LogP contribution in [0.25, 0.3) is 22.4 Å². The summed E-state index contributed by atoms with van der Waals surface area (Å²) in [5.41, 5.74) is 2.39. The first-order valence-corrected chi connectivity index (χ1v) is 7.39. The molecule has 2 aromatic carbocycles. The van der Waals surface area contributed by atoms with Crippen molar-refractivity contribution in [2.45, 2.75) is 19.9 Å². The third kappa shape index (κ3) is 2.47. The van der Waals surface area contributed by atoms with E-state index in [0.717, 1.165) is 11.0 Å². The Morgan fingerprint density at radius 1 is 1.05 bits per heavy atom. The number of aromatic nitrogens is 2. The molecule has 3 rings (SSSR count). The van der Waals surface area contributed by atoms with Gasteiger partial charge >= 0.3 is 0 Å². The highest BCUT2D eigenvalue weighted by atomic mass is 35.5. The van der Waals surface area contributed by atoms with Crippen molar-refractivity contribution in [3.63, 3.8) is 0 Å². The summed E-state index contributed by atoms with van der Waals surface area (Å²) >= 11 is 12.1. The number of hydrogen-bond donors (Lipinski definition) is 1. The molecule has 0 fully saturated rings. The minimum atomic E-state index is 0.155. The van der Waals surface area contributed by atoms with Gasteiger partial charge in [0, 0.05) is 16.1 Å². The van der Waals surface area contributed by atoms with E-state index in [1.165, 1.54) is 0 Å². The quantitative estimate of drug-likeness (QED) is 0.696. The molecular formula is C16H14Cl2N2O. The third-order valence-electron chi connectivity index (χ3n) is 3.37. The molecule has 0 unspecified atom stereocenters. The van der Waals surface area contributed by atoms with Crippen LogP contribution in [0.2, 0.25) is 10.0 Å². The van der Waals surface area contributed by atoms with Crippen molar-refractivity contribution in [3.8, 4) is 17.1 Å². The lowest BCUT2D eigenvalue weighted by molar-refractivity contribution is 0.476. The molecule has 0 radical (unpaired) electrons. The molecule has 0 aliphatic rings. The zero-order valence-corrected chi connectivity index (χ0v) is 13.2. The first-order chi connectivity index (χ1) is 9.97. The van der Waals surface area contributed by atoms with Gasteiger partial charge in [0.2, 0.25) is 0 Å². The summed E-state index contributed by atoms with van der Waals surface area (Å²) in [4.78, 5) is 4.63. The molecule has 0 spiro atoms. The number of aromatic hydroxyl groups is 1. The van der Waals surface area contributed by atoms with Crippen LogP contribution in [0.15, 0.2) is 36.4 Å². The molecule has 1 aromatic heterocycles. The van der Waals surface area contributed by atoms with Gasteiger partial charge < -0.3 is 9.67 Å². The van der Waals surface area contributed by atoms with Crippen molar-refractivity contribution >= 4 is 34.2 Å². The Morgan fingerprint density at radius 2 is 1.71 bits per heavy atom. The normalized spacial score (nSPS) is 11.5. The van der Waals surface area contributed by atoms with Crippen molar-refractivity contribution in [2.75, 3.05) is 0 Å². The predicted molar refractivity (Wildman–Crippen MR) is 87.2 cm³/mol. The Balaban J connectivity index is 2.36. The van der Waals surface area contributed by atoms with Gasteiger partial charge in [-0.25, -0.2) is 4.98 Å². The molecule has 3 nitrogen and oxygen atoms in total. The van der Waals surface area contributed by atoms with Crippen molar-refractivity contribution in [1.82, 2.24) is 9.55 Å². The highest BCUT2D eigenvalue weighted by molar-refractivity contribution is 6.31. The third-order valence-corrected chi connectivity index (χ3v) is 3.84. The minimum Gasteiger partial charge on any atom is -0.507 e. The number of phenolic OH excluding ortho intramolecular Hbond substituents is 1. The molecule has 108 valence electrons. The van der Waals surface area contributed by atoms with Crippen LogP contribution < -0.4 is 0 Å². The van der Waals surface area contributed by atoms with Crippen molar-refractivity contribution in [3.05, 3.63) is 46.4 Å². The Bertz CT molecular complexity index is 825. The molecule has 0 aliphatic carbocycles. The van der Waals surface area contributed by atoms with Gasteiger partial charge in [-0.3, -0.25) is 0 Å². The van der Waals surface area contributed by atoms with Crippen LogP contribution >= 0.6 is 23.2 Å². The number of hydrogen-bond acceptors (Lipinski definition) is 2. The molecule has 0 aliphatic heterocycles. The summed E-state index contributed by atoms with van der Waals surface area (Å²) in [6.45, 7) is 4.14. The molecule has 5 heteroatoms. The van der Waals surface area contributed by atoms with Crippen LogP contribution in [0.3, 0.4) is 0 Å². The van der Waals surface area contributed by atoms with Crippen LogP contribution in [-0.4, -0.2) is 14.7 Å². The largest absolute Gasteiger partial charge is 0.507 e. The van der Waals surface area contributed by atoms with Crippen LogP contribution in [0, 0.1) is 0 Å². The summed E-state index contributed by atoms with van der Waals surface area (Å²) < 4.78 is 2.07. The molecule has 3 aromatic rings. The second-order valence-electron chi connectivity index (χ2n) is 5.19. The number of halogens is 2. The first kappa shape index (κ1) is 14.2. The second kappa shape index (κ2) is 5.24. The topological polar surface area (TPSA) is 38.0 Å². The van der Waals surface area contributed by atoms with E-state index in [1.54, 1.807) is 18.2 Å². The van der Waals surface area contributed by atoms with E-state index in [2.05, 4.69) is 23.4 Å². The molecular weight excluding hydrogens is 307 g/mol. The van der Waals surface area contributed by atoms with E-state index in [1.807, 2.05) is 18.2 Å². The number of phenols is 1. The zero-order chi connectivity index (χ0) is 15.1. The second-order valence-corrected chi connectivity index (χ2v) is 6.07. The van der Waals surface area contributed by atoms with E-state index >= 15 is 0 Å². The Hall–Kier alpha value is -1.71. The van der Waals surface area contributed by atoms with E-state index in [0.29, 0.717) is 21.4 Å². The number of fused-ring (bicyclic) bond motifs is 1. The first-order valence-electron chi connectivity index (χ1n) is 6.63. The SMILES string of the molecule is CC(C)n1c(-c2cc(Cl)ccc2O)nc2cc(Cl)ccc21. The number of rotatable bonds is 2. The number of benzene rings is 2. The summed E-state index contributed by atoms with van der Waals surface area (Å²) in [6, 6.07) is 10.7. The van der Waals surface area contributed by atoms with Gasteiger partial charge in [-0.1, -0.05) is 23.2 Å². The fourth-order valence-corrected chi connectivity index (χ4v) is 2.81. The van der Waals surface area contributed by atoms with E-state index < -0.39 is 0 Å². The molecule has 0 atom stereocenters. The van der Waals surface area contributed by atoms with Gasteiger partial charge in [0.1, 0.15) is 11.6 Å². The summed E-state index contributed by atoms with van der Waals surface area (Å²) in [6.07, 6.45) is 0. The Kier molecular flexibility index (Phi) is 3.56. The standard InChI is InChI=1S/C16H14Cl2N2O/c1-9(2)20-14-5-3-11(18)8-13(14)19-16(20)12-7-10(17)4-6-15(12)21/h3-9,21H,1-2H3. The Labute approximate surface area is 132 Å². The van der Waals surface area contributed by atoms with Crippen LogP contribution in [0.4, 0.5) is 0 Å². The summed E-state index contributed by atoms with van der Waals surface area (Å²) in [7, 11) is 0. The van der Waals surface area contributed by atoms with Crippen molar-refractivity contribution in [2.24, 2.45) is 0 Å². The monoisotopic (exact) mass is 320 g/mol. The molecule has 0 saturated carbocycles. The summed E-state index contributed by atoms with van der Waals surface area (Å²) in [5, 5.41) is 11.3. The molecule has 21 heavy (non-hydrogen) atoms. The average Bonchev–Trinajstić information content (AvgIpc) is 2.79. The average molecular weight is 321 g/mol. The molecule has 0 saturated heterocycles. The maximum atomic E-state index is 10.1.